The van der Waals surface area contributed by atoms with Gasteiger partial charge in [-0.2, -0.15) is 5.26 Å². The van der Waals surface area contributed by atoms with Gasteiger partial charge in [0.15, 0.2) is 0 Å². The minimum Gasteiger partial charge on any atom is -0.376 e. The fraction of sp³-hybridized carbons (Fsp3) is 0.429. The lowest BCUT2D eigenvalue weighted by atomic mass is 10.1. The molecule has 5 heteroatoms. The monoisotopic (exact) mass is 259 g/mol. The number of hydrogen-bond donors (Lipinski definition) is 2. The molecule has 1 aliphatic heterocycles. The number of amides is 2. The Hall–Kier alpha value is -2.06. The molecule has 0 aromatic heterocycles. The standard InChI is InChI=1S/C14H17N3O2/c1-10-4-5-11(8-15)7-13(10)17-14(18)16-9-12-3-2-6-19-12/h4-5,7,12H,2-3,6,9H2,1H3,(H2,16,17,18)/t12-/m0/s1. The first-order valence-electron chi connectivity index (χ1n) is 6.36. The number of nitrogens with one attached hydrogen (secondary N) is 2. The van der Waals surface area contributed by atoms with E-state index in [1.807, 2.05) is 13.0 Å². The van der Waals surface area contributed by atoms with E-state index in [0.29, 0.717) is 17.8 Å². The molecule has 2 N–H and O–H groups in total. The van der Waals surface area contributed by atoms with E-state index < -0.39 is 0 Å². The number of ether oxygens (including phenoxy) is 1. The molecule has 5 nitrogen and oxygen atoms in total. The van der Waals surface area contributed by atoms with Crippen LogP contribution < -0.4 is 10.6 Å². The topological polar surface area (TPSA) is 74.2 Å². The number of aryl methyl sites for hydroxylation is 1. The summed E-state index contributed by atoms with van der Waals surface area (Å²) >= 11 is 0. The molecule has 0 spiro atoms. The molecule has 0 bridgehead atoms. The third kappa shape index (κ3) is 3.70. The van der Waals surface area contributed by atoms with Crippen LogP contribution in [0.3, 0.4) is 0 Å². The molecule has 0 radical (unpaired) electrons. The molecule has 1 aromatic rings. The highest BCUT2D eigenvalue weighted by atomic mass is 16.5. The van der Waals surface area contributed by atoms with Crippen LogP contribution >= 0.6 is 0 Å². The summed E-state index contributed by atoms with van der Waals surface area (Å²) in [6, 6.07) is 6.99. The molecule has 0 unspecified atom stereocenters. The van der Waals surface area contributed by atoms with Crippen LogP contribution in [0, 0.1) is 18.3 Å². The molecular weight excluding hydrogens is 242 g/mol. The van der Waals surface area contributed by atoms with E-state index in [-0.39, 0.29) is 12.1 Å². The lowest BCUT2D eigenvalue weighted by Crippen LogP contribution is -2.35. The quantitative estimate of drug-likeness (QED) is 0.873. The van der Waals surface area contributed by atoms with Crippen LogP contribution in [0.4, 0.5) is 10.5 Å². The Morgan fingerprint density at radius 3 is 3.11 bits per heavy atom. The Balaban J connectivity index is 1.89. The van der Waals surface area contributed by atoms with Crippen LogP contribution in [0.1, 0.15) is 24.0 Å². The highest BCUT2D eigenvalue weighted by molar-refractivity contribution is 5.90. The molecule has 2 rings (SSSR count). The predicted octanol–water partition coefficient (Wildman–Crippen LogP) is 2.17. The van der Waals surface area contributed by atoms with E-state index in [1.54, 1.807) is 12.1 Å². The summed E-state index contributed by atoms with van der Waals surface area (Å²) in [5.41, 5.74) is 2.11. The van der Waals surface area contributed by atoms with Crippen LogP contribution in [-0.4, -0.2) is 25.3 Å². The van der Waals surface area contributed by atoms with Crippen molar-refractivity contribution in [2.45, 2.75) is 25.9 Å². The van der Waals surface area contributed by atoms with E-state index in [9.17, 15) is 4.79 Å². The fourth-order valence-corrected chi connectivity index (χ4v) is 2.00. The van der Waals surface area contributed by atoms with Gasteiger partial charge in [-0.05, 0) is 37.5 Å². The van der Waals surface area contributed by atoms with Crippen molar-refractivity contribution in [1.82, 2.24) is 5.32 Å². The van der Waals surface area contributed by atoms with Gasteiger partial charge in [0.05, 0.1) is 17.7 Å². The minimum absolute atomic E-state index is 0.122. The number of benzene rings is 1. The van der Waals surface area contributed by atoms with Crippen molar-refractivity contribution >= 4 is 11.7 Å². The third-order valence-electron chi connectivity index (χ3n) is 3.13. The smallest absolute Gasteiger partial charge is 0.319 e. The lowest BCUT2D eigenvalue weighted by molar-refractivity contribution is 0.112. The summed E-state index contributed by atoms with van der Waals surface area (Å²) < 4.78 is 5.43. The maximum absolute atomic E-state index is 11.8. The van der Waals surface area contributed by atoms with Gasteiger partial charge in [0, 0.05) is 18.8 Å². The van der Waals surface area contributed by atoms with Crippen molar-refractivity contribution in [2.24, 2.45) is 0 Å². The Labute approximate surface area is 112 Å². The molecule has 19 heavy (non-hydrogen) atoms. The highest BCUT2D eigenvalue weighted by Gasteiger charge is 2.16. The summed E-state index contributed by atoms with van der Waals surface area (Å²) in [5, 5.41) is 14.4. The second kappa shape index (κ2) is 6.21. The van der Waals surface area contributed by atoms with Gasteiger partial charge in [0.2, 0.25) is 0 Å². The Kier molecular flexibility index (Phi) is 4.37. The zero-order valence-corrected chi connectivity index (χ0v) is 10.9. The van der Waals surface area contributed by atoms with E-state index in [1.165, 1.54) is 0 Å². The Morgan fingerprint density at radius 2 is 2.42 bits per heavy atom. The van der Waals surface area contributed by atoms with Crippen LogP contribution in [-0.2, 0) is 4.74 Å². The average molecular weight is 259 g/mol. The molecule has 1 saturated heterocycles. The molecule has 100 valence electrons. The van der Waals surface area contributed by atoms with Crippen LogP contribution in [0.25, 0.3) is 0 Å². The normalized spacial score (nSPS) is 17.8. The Morgan fingerprint density at radius 1 is 1.58 bits per heavy atom. The average Bonchev–Trinajstić information content (AvgIpc) is 2.92. The number of urea groups is 1. The maximum Gasteiger partial charge on any atom is 0.319 e. The van der Waals surface area contributed by atoms with Crippen LogP contribution in [0.2, 0.25) is 0 Å². The maximum atomic E-state index is 11.8. The van der Waals surface area contributed by atoms with Gasteiger partial charge in [-0.3, -0.25) is 0 Å². The van der Waals surface area contributed by atoms with Crippen LogP contribution in [0.5, 0.6) is 0 Å². The number of rotatable bonds is 3. The van der Waals surface area contributed by atoms with E-state index in [4.69, 9.17) is 10.00 Å². The number of anilines is 1. The van der Waals surface area contributed by atoms with E-state index in [0.717, 1.165) is 25.0 Å². The molecule has 2 amide bonds. The van der Waals surface area contributed by atoms with Crippen LogP contribution in [0.15, 0.2) is 18.2 Å². The van der Waals surface area contributed by atoms with Crippen molar-refractivity contribution in [1.29, 1.82) is 5.26 Å². The van der Waals surface area contributed by atoms with Crippen molar-refractivity contribution in [2.75, 3.05) is 18.5 Å². The second-order valence-corrected chi connectivity index (χ2v) is 4.61. The third-order valence-corrected chi connectivity index (χ3v) is 3.13. The summed E-state index contributed by atoms with van der Waals surface area (Å²) in [6.07, 6.45) is 2.16. The van der Waals surface area contributed by atoms with Gasteiger partial charge in [-0.25, -0.2) is 4.79 Å². The van der Waals surface area contributed by atoms with Gasteiger partial charge in [-0.15, -0.1) is 0 Å². The number of carbonyl (C=O) groups is 1. The molecule has 1 atom stereocenters. The molecule has 0 aliphatic carbocycles. The second-order valence-electron chi connectivity index (χ2n) is 4.61. The Bertz CT molecular complexity index is 502. The van der Waals surface area contributed by atoms with E-state index in [2.05, 4.69) is 16.7 Å². The summed E-state index contributed by atoms with van der Waals surface area (Å²) in [6.45, 7) is 3.18. The highest BCUT2D eigenvalue weighted by Crippen LogP contribution is 2.16. The number of nitrogens with zero attached hydrogens (tertiary/aromatic N) is 1. The molecule has 0 saturated carbocycles. The summed E-state index contributed by atoms with van der Waals surface area (Å²) in [5.74, 6) is 0. The van der Waals surface area contributed by atoms with Gasteiger partial charge in [0.25, 0.3) is 0 Å². The molecule has 1 heterocycles. The first kappa shape index (κ1) is 13.4. The van der Waals surface area contributed by atoms with Gasteiger partial charge in [-0.1, -0.05) is 6.07 Å². The summed E-state index contributed by atoms with van der Waals surface area (Å²) in [4.78, 5) is 11.8. The van der Waals surface area contributed by atoms with Crippen molar-refractivity contribution in [3.05, 3.63) is 29.3 Å². The van der Waals surface area contributed by atoms with Gasteiger partial charge in [0.1, 0.15) is 0 Å². The zero-order valence-electron chi connectivity index (χ0n) is 10.9. The predicted molar refractivity (Wildman–Crippen MR) is 71.9 cm³/mol. The lowest BCUT2D eigenvalue weighted by Gasteiger charge is -2.13. The molecular formula is C14H17N3O2. The fourth-order valence-electron chi connectivity index (χ4n) is 2.00. The first-order chi connectivity index (χ1) is 9.19. The molecule has 1 aliphatic rings. The van der Waals surface area contributed by atoms with Crippen molar-refractivity contribution in [3.8, 4) is 6.07 Å². The zero-order chi connectivity index (χ0) is 13.7. The number of hydrogen-bond acceptors (Lipinski definition) is 3. The number of nitriles is 1. The van der Waals surface area contributed by atoms with Gasteiger partial charge >= 0.3 is 6.03 Å². The largest absolute Gasteiger partial charge is 0.376 e. The van der Waals surface area contributed by atoms with Gasteiger partial charge < -0.3 is 15.4 Å². The van der Waals surface area contributed by atoms with E-state index >= 15 is 0 Å². The molecule has 1 fully saturated rings. The van der Waals surface area contributed by atoms with Crippen molar-refractivity contribution in [3.63, 3.8) is 0 Å². The number of carbonyl (C=O) groups excluding carboxylic acids is 1. The van der Waals surface area contributed by atoms with Crippen molar-refractivity contribution < 1.29 is 9.53 Å². The minimum atomic E-state index is -0.270. The first-order valence-corrected chi connectivity index (χ1v) is 6.36. The molecule has 1 aromatic carbocycles. The SMILES string of the molecule is Cc1ccc(C#N)cc1NC(=O)NC[C@@H]1CCCO1. The summed E-state index contributed by atoms with van der Waals surface area (Å²) in [7, 11) is 0.